The van der Waals surface area contributed by atoms with Gasteiger partial charge in [-0.15, -0.1) is 0 Å². The topological polar surface area (TPSA) is 66.2 Å². The maximum atomic E-state index is 13.1. The molecule has 4 aromatic rings. The molecule has 0 spiro atoms. The van der Waals surface area contributed by atoms with E-state index in [2.05, 4.69) is 9.97 Å². The molecule has 2 N–H and O–H groups in total. The lowest BCUT2D eigenvalue weighted by molar-refractivity contribution is -0.137. The van der Waals surface area contributed by atoms with Crippen LogP contribution in [0.1, 0.15) is 5.56 Å². The fourth-order valence-corrected chi connectivity index (χ4v) is 2.87. The summed E-state index contributed by atoms with van der Waals surface area (Å²) in [5.41, 5.74) is 1.70. The van der Waals surface area contributed by atoms with Gasteiger partial charge in [0.15, 0.2) is 0 Å². The Morgan fingerprint density at radius 3 is 1.54 bits per heavy atom. The Labute approximate surface area is 157 Å². The molecule has 0 saturated carbocycles. The number of aromatic hydroxyl groups is 2. The van der Waals surface area contributed by atoms with E-state index in [-0.39, 0.29) is 17.0 Å². The highest BCUT2D eigenvalue weighted by Gasteiger charge is 2.31. The lowest BCUT2D eigenvalue weighted by atomic mass is 10.0. The molecule has 0 unspecified atom stereocenters. The van der Waals surface area contributed by atoms with E-state index in [4.69, 9.17) is 0 Å². The zero-order valence-corrected chi connectivity index (χ0v) is 14.3. The molecule has 0 atom stereocenters. The number of halogens is 3. The van der Waals surface area contributed by atoms with E-state index < -0.39 is 11.7 Å². The van der Waals surface area contributed by atoms with E-state index in [0.29, 0.717) is 28.0 Å². The summed E-state index contributed by atoms with van der Waals surface area (Å²) < 4.78 is 39.2. The summed E-state index contributed by atoms with van der Waals surface area (Å²) in [6, 6.07) is 15.7. The summed E-state index contributed by atoms with van der Waals surface area (Å²) in [6.45, 7) is 0. The van der Waals surface area contributed by atoms with E-state index in [9.17, 15) is 23.4 Å². The normalized spacial score (nSPS) is 11.7. The summed E-state index contributed by atoms with van der Waals surface area (Å²) >= 11 is 0. The predicted molar refractivity (Wildman–Crippen MR) is 98.7 cm³/mol. The van der Waals surface area contributed by atoms with Gasteiger partial charge in [-0.2, -0.15) is 13.2 Å². The lowest BCUT2D eigenvalue weighted by Gasteiger charge is -2.12. The van der Waals surface area contributed by atoms with Gasteiger partial charge in [0, 0.05) is 11.1 Å². The Morgan fingerprint density at radius 2 is 1.07 bits per heavy atom. The van der Waals surface area contributed by atoms with Crippen LogP contribution in [-0.4, -0.2) is 20.2 Å². The van der Waals surface area contributed by atoms with Gasteiger partial charge < -0.3 is 10.2 Å². The highest BCUT2D eigenvalue weighted by atomic mass is 19.4. The van der Waals surface area contributed by atoms with E-state index in [1.54, 1.807) is 24.3 Å². The average molecular weight is 382 g/mol. The minimum atomic E-state index is -4.48. The monoisotopic (exact) mass is 382 g/mol. The molecular weight excluding hydrogens is 369 g/mol. The second-order valence-electron chi connectivity index (χ2n) is 6.22. The van der Waals surface area contributed by atoms with Crippen LogP contribution in [0.25, 0.3) is 33.5 Å². The lowest BCUT2D eigenvalue weighted by Crippen LogP contribution is -2.05. The van der Waals surface area contributed by atoms with E-state index in [1.165, 1.54) is 30.3 Å². The highest BCUT2D eigenvalue weighted by molar-refractivity contribution is 5.86. The standard InChI is InChI=1S/C21H13F3N2O2/c22-21(23,24)14-5-10-17-18(11-14)26-20(13-3-8-16(28)9-4-13)19(25-17)12-1-6-15(27)7-2-12/h1-11,27-28H. The zero-order chi connectivity index (χ0) is 19.9. The third-order valence-corrected chi connectivity index (χ3v) is 4.27. The molecule has 0 aliphatic carbocycles. The molecule has 1 aromatic heterocycles. The molecule has 28 heavy (non-hydrogen) atoms. The van der Waals surface area contributed by atoms with Gasteiger partial charge in [-0.05, 0) is 66.7 Å². The second-order valence-corrected chi connectivity index (χ2v) is 6.22. The van der Waals surface area contributed by atoms with Crippen molar-refractivity contribution in [1.29, 1.82) is 0 Å². The van der Waals surface area contributed by atoms with Crippen molar-refractivity contribution in [2.24, 2.45) is 0 Å². The number of hydrogen-bond donors (Lipinski definition) is 2. The first kappa shape index (κ1) is 17.8. The number of phenols is 2. The first-order valence-corrected chi connectivity index (χ1v) is 8.29. The van der Waals surface area contributed by atoms with Gasteiger partial charge in [-0.3, -0.25) is 0 Å². The van der Waals surface area contributed by atoms with Gasteiger partial charge in [-0.25, -0.2) is 9.97 Å². The third-order valence-electron chi connectivity index (χ3n) is 4.27. The van der Waals surface area contributed by atoms with Crippen molar-refractivity contribution in [2.45, 2.75) is 6.18 Å². The van der Waals surface area contributed by atoms with Gasteiger partial charge >= 0.3 is 6.18 Å². The van der Waals surface area contributed by atoms with Crippen LogP contribution in [0.2, 0.25) is 0 Å². The van der Waals surface area contributed by atoms with Crippen LogP contribution < -0.4 is 0 Å². The molecule has 0 aliphatic heterocycles. The van der Waals surface area contributed by atoms with Crippen LogP contribution in [0.15, 0.2) is 66.7 Å². The summed E-state index contributed by atoms with van der Waals surface area (Å²) in [7, 11) is 0. The van der Waals surface area contributed by atoms with E-state index >= 15 is 0 Å². The fraction of sp³-hybridized carbons (Fsp3) is 0.0476. The van der Waals surface area contributed by atoms with E-state index in [1.807, 2.05) is 0 Å². The van der Waals surface area contributed by atoms with Crippen molar-refractivity contribution in [2.75, 3.05) is 0 Å². The molecule has 0 amide bonds. The highest BCUT2D eigenvalue weighted by Crippen LogP contribution is 2.35. The minimum absolute atomic E-state index is 0.0584. The summed E-state index contributed by atoms with van der Waals surface area (Å²) in [5, 5.41) is 19.1. The number of fused-ring (bicyclic) bond motifs is 1. The Bertz CT molecular complexity index is 1160. The van der Waals surface area contributed by atoms with Crippen molar-refractivity contribution in [3.8, 4) is 34.0 Å². The number of alkyl halides is 3. The van der Waals surface area contributed by atoms with Crippen molar-refractivity contribution >= 4 is 11.0 Å². The number of nitrogens with zero attached hydrogens (tertiary/aromatic N) is 2. The van der Waals surface area contributed by atoms with Crippen LogP contribution in [0, 0.1) is 0 Å². The minimum Gasteiger partial charge on any atom is -0.508 e. The van der Waals surface area contributed by atoms with Crippen LogP contribution in [-0.2, 0) is 6.18 Å². The molecule has 140 valence electrons. The molecule has 0 radical (unpaired) electrons. The number of rotatable bonds is 2. The van der Waals surface area contributed by atoms with Gasteiger partial charge in [0.05, 0.1) is 28.0 Å². The molecule has 1 heterocycles. The molecule has 7 heteroatoms. The SMILES string of the molecule is Oc1ccc(-c2nc3ccc(C(F)(F)F)cc3nc2-c2ccc(O)cc2)cc1. The smallest absolute Gasteiger partial charge is 0.416 e. The average Bonchev–Trinajstić information content (AvgIpc) is 2.67. The molecule has 0 bridgehead atoms. The second kappa shape index (κ2) is 6.53. The maximum absolute atomic E-state index is 13.1. The fourth-order valence-electron chi connectivity index (χ4n) is 2.87. The Balaban J connectivity index is 1.98. The van der Waals surface area contributed by atoms with Gasteiger partial charge in [0.2, 0.25) is 0 Å². The van der Waals surface area contributed by atoms with Crippen molar-refractivity contribution < 1.29 is 23.4 Å². The quantitative estimate of drug-likeness (QED) is 0.488. The zero-order valence-electron chi connectivity index (χ0n) is 14.3. The van der Waals surface area contributed by atoms with Crippen molar-refractivity contribution in [3.63, 3.8) is 0 Å². The molecule has 4 nitrogen and oxygen atoms in total. The van der Waals surface area contributed by atoms with Crippen LogP contribution in [0.5, 0.6) is 11.5 Å². The number of aromatic nitrogens is 2. The number of phenolic OH excluding ortho intramolecular Hbond substituents is 2. The first-order valence-electron chi connectivity index (χ1n) is 8.29. The Morgan fingerprint density at radius 1 is 0.607 bits per heavy atom. The molecule has 3 aromatic carbocycles. The Kier molecular flexibility index (Phi) is 4.15. The van der Waals surface area contributed by atoms with E-state index in [0.717, 1.165) is 12.1 Å². The summed E-state index contributed by atoms with van der Waals surface area (Å²) in [5.74, 6) is 0.140. The van der Waals surface area contributed by atoms with Crippen molar-refractivity contribution in [1.82, 2.24) is 9.97 Å². The third kappa shape index (κ3) is 3.34. The van der Waals surface area contributed by atoms with Gasteiger partial charge in [0.25, 0.3) is 0 Å². The molecule has 0 fully saturated rings. The molecule has 4 rings (SSSR count). The molecule has 0 aliphatic rings. The predicted octanol–water partition coefficient (Wildman–Crippen LogP) is 5.39. The van der Waals surface area contributed by atoms with Crippen molar-refractivity contribution in [3.05, 3.63) is 72.3 Å². The van der Waals surface area contributed by atoms with Gasteiger partial charge in [0.1, 0.15) is 11.5 Å². The molecule has 0 saturated heterocycles. The Hall–Kier alpha value is -3.61. The first-order chi connectivity index (χ1) is 13.3. The van der Waals surface area contributed by atoms with Crippen LogP contribution in [0.4, 0.5) is 13.2 Å². The van der Waals surface area contributed by atoms with Crippen LogP contribution >= 0.6 is 0 Å². The summed E-state index contributed by atoms with van der Waals surface area (Å²) in [6.07, 6.45) is -4.48. The molecular formula is C21H13F3N2O2. The maximum Gasteiger partial charge on any atom is 0.416 e. The number of hydrogen-bond acceptors (Lipinski definition) is 4. The summed E-state index contributed by atoms with van der Waals surface area (Å²) in [4.78, 5) is 8.96. The van der Waals surface area contributed by atoms with Crippen LogP contribution in [0.3, 0.4) is 0 Å². The number of benzene rings is 3. The largest absolute Gasteiger partial charge is 0.508 e. The van der Waals surface area contributed by atoms with Gasteiger partial charge in [-0.1, -0.05) is 0 Å².